The summed E-state index contributed by atoms with van der Waals surface area (Å²) in [6.45, 7) is 7.04. The van der Waals surface area contributed by atoms with Crippen LogP contribution in [0.4, 0.5) is 13.6 Å². The monoisotopic (exact) mass is 344 g/mol. The van der Waals surface area contributed by atoms with Crippen LogP contribution >= 0.6 is 0 Å². The zero-order valence-electron chi connectivity index (χ0n) is 14.6. The lowest BCUT2D eigenvalue weighted by molar-refractivity contribution is -0.128. The summed E-state index contributed by atoms with van der Waals surface area (Å²) in [5.74, 6) is -2.71. The minimum absolute atomic E-state index is 0.0137. The maximum Gasteiger partial charge on any atom is 0.417 e. The second kappa shape index (κ2) is 5.64. The molecule has 1 atom stereocenters. The number of carbonyl (C=O) groups is 2. The minimum atomic E-state index is -2.50. The van der Waals surface area contributed by atoms with Crippen LogP contribution in [-0.4, -0.2) is 59.0 Å². The first-order chi connectivity index (χ1) is 11.0. The molecule has 2 saturated heterocycles. The molecule has 0 N–H and O–H groups in total. The first-order valence-electron chi connectivity index (χ1n) is 8.68. The summed E-state index contributed by atoms with van der Waals surface area (Å²) in [5.41, 5.74) is -1.43. The van der Waals surface area contributed by atoms with Gasteiger partial charge < -0.3 is 9.64 Å². The number of rotatable bonds is 2. The molecule has 0 radical (unpaired) electrons. The average Bonchev–Trinajstić information content (AvgIpc) is 2.77. The normalized spacial score (nSPS) is 29.1. The minimum Gasteiger partial charge on any atom is -0.443 e. The zero-order chi connectivity index (χ0) is 17.8. The Morgan fingerprint density at radius 3 is 2.38 bits per heavy atom. The molecule has 5 nitrogen and oxygen atoms in total. The Balaban J connectivity index is 1.56. The number of imide groups is 1. The maximum atomic E-state index is 13.4. The van der Waals surface area contributed by atoms with Crippen LogP contribution in [0, 0.1) is 5.41 Å². The van der Waals surface area contributed by atoms with Gasteiger partial charge in [0.1, 0.15) is 5.60 Å². The van der Waals surface area contributed by atoms with Crippen molar-refractivity contribution in [2.45, 2.75) is 70.4 Å². The van der Waals surface area contributed by atoms with Crippen molar-refractivity contribution in [1.29, 1.82) is 0 Å². The fourth-order valence-electron chi connectivity index (χ4n) is 3.86. The van der Waals surface area contributed by atoms with Crippen molar-refractivity contribution in [3.05, 3.63) is 0 Å². The van der Waals surface area contributed by atoms with E-state index >= 15 is 0 Å². The van der Waals surface area contributed by atoms with Crippen LogP contribution in [0.3, 0.4) is 0 Å². The predicted octanol–water partition coefficient (Wildman–Crippen LogP) is 3.03. The highest BCUT2D eigenvalue weighted by Crippen LogP contribution is 2.65. The number of amides is 2. The lowest BCUT2D eigenvalue weighted by atomic mass is 9.92. The summed E-state index contributed by atoms with van der Waals surface area (Å²) in [6.07, 6.45) is 1.34. The molecule has 2 heterocycles. The van der Waals surface area contributed by atoms with E-state index in [1.165, 1.54) is 4.90 Å². The second-order valence-corrected chi connectivity index (χ2v) is 8.40. The first kappa shape index (κ1) is 17.6. The molecule has 1 saturated carbocycles. The van der Waals surface area contributed by atoms with E-state index in [1.54, 1.807) is 20.8 Å². The molecule has 1 aliphatic carbocycles. The van der Waals surface area contributed by atoms with Crippen molar-refractivity contribution in [2.24, 2.45) is 5.41 Å². The second-order valence-electron chi connectivity index (χ2n) is 8.40. The van der Waals surface area contributed by atoms with Crippen LogP contribution in [0.25, 0.3) is 0 Å². The molecule has 0 aromatic heterocycles. The molecule has 3 rings (SSSR count). The summed E-state index contributed by atoms with van der Waals surface area (Å²) < 4.78 is 32.2. The summed E-state index contributed by atoms with van der Waals surface area (Å²) in [7, 11) is 0. The summed E-state index contributed by atoms with van der Waals surface area (Å²) in [5, 5.41) is 0. The third kappa shape index (κ3) is 3.27. The number of alkyl halides is 2. The van der Waals surface area contributed by atoms with Gasteiger partial charge in [0.05, 0.1) is 6.04 Å². The number of carbonyl (C=O) groups excluding carboxylic acids is 2. The number of nitrogens with zero attached hydrogens (tertiary/aromatic N) is 2. The van der Waals surface area contributed by atoms with Crippen molar-refractivity contribution in [3.8, 4) is 0 Å². The first-order valence-corrected chi connectivity index (χ1v) is 8.68. The Morgan fingerprint density at radius 1 is 1.29 bits per heavy atom. The largest absolute Gasteiger partial charge is 0.443 e. The molecule has 2 amide bonds. The summed E-state index contributed by atoms with van der Waals surface area (Å²) in [4.78, 5) is 27.7. The van der Waals surface area contributed by atoms with E-state index in [9.17, 15) is 18.4 Å². The van der Waals surface area contributed by atoms with Gasteiger partial charge in [0.15, 0.2) is 0 Å². The van der Waals surface area contributed by atoms with Gasteiger partial charge in [-0.2, -0.15) is 0 Å². The van der Waals surface area contributed by atoms with Crippen LogP contribution in [0.2, 0.25) is 0 Å². The number of hydrogen-bond donors (Lipinski definition) is 0. The fourth-order valence-corrected chi connectivity index (χ4v) is 3.86. The van der Waals surface area contributed by atoms with Gasteiger partial charge in [-0.05, 0) is 53.1 Å². The van der Waals surface area contributed by atoms with E-state index in [2.05, 4.69) is 4.90 Å². The SMILES string of the molecule is CC(C)(C)OC(=O)N1C(=O)CC[C@H]1CN1CCC2(CC1)CC2(F)F. The molecule has 3 fully saturated rings. The van der Waals surface area contributed by atoms with E-state index < -0.39 is 23.0 Å². The molecule has 0 aromatic carbocycles. The Kier molecular flexibility index (Phi) is 4.13. The third-order valence-corrected chi connectivity index (χ3v) is 5.41. The number of halogens is 2. The van der Waals surface area contributed by atoms with Gasteiger partial charge in [0, 0.05) is 24.8 Å². The van der Waals surface area contributed by atoms with Crippen LogP contribution in [0.1, 0.15) is 52.9 Å². The zero-order valence-corrected chi connectivity index (χ0v) is 14.6. The van der Waals surface area contributed by atoms with Gasteiger partial charge >= 0.3 is 6.09 Å². The van der Waals surface area contributed by atoms with Crippen molar-refractivity contribution in [2.75, 3.05) is 19.6 Å². The molecule has 0 aromatic rings. The van der Waals surface area contributed by atoms with E-state index in [-0.39, 0.29) is 18.4 Å². The van der Waals surface area contributed by atoms with Gasteiger partial charge in [0.25, 0.3) is 5.92 Å². The third-order valence-electron chi connectivity index (χ3n) is 5.41. The fraction of sp³-hybridized carbons (Fsp3) is 0.882. The quantitative estimate of drug-likeness (QED) is 0.773. The average molecular weight is 344 g/mol. The molecule has 2 aliphatic heterocycles. The number of ether oxygens (including phenoxy) is 1. The Hall–Kier alpha value is -1.24. The summed E-state index contributed by atoms with van der Waals surface area (Å²) >= 11 is 0. The molecule has 24 heavy (non-hydrogen) atoms. The van der Waals surface area contributed by atoms with Gasteiger partial charge in [-0.3, -0.25) is 4.79 Å². The van der Waals surface area contributed by atoms with Crippen molar-refractivity contribution in [3.63, 3.8) is 0 Å². The smallest absolute Gasteiger partial charge is 0.417 e. The Labute approximate surface area is 141 Å². The predicted molar refractivity (Wildman–Crippen MR) is 83.8 cm³/mol. The van der Waals surface area contributed by atoms with Crippen molar-refractivity contribution >= 4 is 12.0 Å². The van der Waals surface area contributed by atoms with E-state index in [4.69, 9.17) is 4.74 Å². The molecule has 136 valence electrons. The lowest BCUT2D eigenvalue weighted by Gasteiger charge is -2.35. The van der Waals surface area contributed by atoms with Gasteiger partial charge in [0.2, 0.25) is 5.91 Å². The van der Waals surface area contributed by atoms with Gasteiger partial charge in [-0.1, -0.05) is 0 Å². The van der Waals surface area contributed by atoms with E-state index in [0.29, 0.717) is 45.3 Å². The van der Waals surface area contributed by atoms with E-state index in [0.717, 1.165) is 0 Å². The molecule has 3 aliphatic rings. The van der Waals surface area contributed by atoms with E-state index in [1.807, 2.05) is 0 Å². The standard InChI is InChI=1S/C17H26F2N2O3/c1-15(2,3)24-14(23)21-12(4-5-13(21)22)10-20-8-6-16(7-9-20)11-17(16,18)19/h12H,4-11H2,1-3H3/t12-/m0/s1. The van der Waals surface area contributed by atoms with Gasteiger partial charge in [-0.15, -0.1) is 0 Å². The highest BCUT2D eigenvalue weighted by atomic mass is 19.3. The highest BCUT2D eigenvalue weighted by Gasteiger charge is 2.70. The van der Waals surface area contributed by atoms with Gasteiger partial charge in [-0.25, -0.2) is 18.5 Å². The van der Waals surface area contributed by atoms with Crippen LogP contribution in [0.5, 0.6) is 0 Å². The molecular weight excluding hydrogens is 318 g/mol. The Morgan fingerprint density at radius 2 is 1.88 bits per heavy atom. The van der Waals surface area contributed by atoms with Crippen LogP contribution < -0.4 is 0 Å². The molecule has 1 spiro atoms. The van der Waals surface area contributed by atoms with Crippen molar-refractivity contribution < 1.29 is 23.1 Å². The number of piperidine rings is 1. The maximum absolute atomic E-state index is 13.4. The highest BCUT2D eigenvalue weighted by molar-refractivity contribution is 5.94. The van der Waals surface area contributed by atoms with Crippen LogP contribution in [0.15, 0.2) is 0 Å². The molecule has 0 bridgehead atoms. The topological polar surface area (TPSA) is 49.9 Å². The lowest BCUT2D eigenvalue weighted by Crippen LogP contribution is -2.48. The van der Waals surface area contributed by atoms with Crippen LogP contribution in [-0.2, 0) is 9.53 Å². The Bertz CT molecular complexity index is 536. The number of hydrogen-bond acceptors (Lipinski definition) is 4. The van der Waals surface area contributed by atoms with Crippen molar-refractivity contribution in [1.82, 2.24) is 9.80 Å². The molecular formula is C17H26F2N2O3. The molecule has 7 heteroatoms. The summed E-state index contributed by atoms with van der Waals surface area (Å²) in [6, 6.07) is -0.221. The molecule has 0 unspecified atom stereocenters. The number of likely N-dealkylation sites (tertiary alicyclic amines) is 2.